The standard InChI is InChI=1S/C23H20ClN3O4/c24-15-9-7-14(8-10-15)18-12-19(20-6-3-11-31-20)27(25-18)21(28)13-26-22(29)16-4-1-2-5-17(16)23(26)30/h1-3,6-11,16-17,19H,4-5,12-13H2/t16-,17-,19-/m1/s1. The predicted octanol–water partition coefficient (Wildman–Crippen LogP) is 3.56. The zero-order chi connectivity index (χ0) is 21.5. The highest BCUT2D eigenvalue weighted by Crippen LogP contribution is 2.37. The highest BCUT2D eigenvalue weighted by Gasteiger charge is 2.48. The van der Waals surface area contributed by atoms with E-state index in [0.717, 1.165) is 10.5 Å². The van der Waals surface area contributed by atoms with Gasteiger partial charge in [0.25, 0.3) is 5.91 Å². The van der Waals surface area contributed by atoms with Gasteiger partial charge in [-0.2, -0.15) is 5.10 Å². The molecule has 8 heteroatoms. The van der Waals surface area contributed by atoms with Gasteiger partial charge in [-0.15, -0.1) is 0 Å². The van der Waals surface area contributed by atoms with Crippen molar-refractivity contribution >= 4 is 35.0 Å². The van der Waals surface area contributed by atoms with Crippen LogP contribution in [0.4, 0.5) is 0 Å². The quantitative estimate of drug-likeness (QED) is 0.540. The number of carbonyl (C=O) groups excluding carboxylic acids is 3. The van der Waals surface area contributed by atoms with E-state index in [9.17, 15) is 14.4 Å². The second-order valence-electron chi connectivity index (χ2n) is 7.95. The molecule has 3 aliphatic rings. The number of carbonyl (C=O) groups is 3. The fourth-order valence-electron chi connectivity index (χ4n) is 4.49. The lowest BCUT2D eigenvalue weighted by Crippen LogP contribution is -2.41. The first-order valence-corrected chi connectivity index (χ1v) is 10.6. The molecule has 1 aliphatic carbocycles. The summed E-state index contributed by atoms with van der Waals surface area (Å²) in [5, 5.41) is 6.49. The van der Waals surface area contributed by atoms with Crippen LogP contribution >= 0.6 is 11.6 Å². The molecule has 0 bridgehead atoms. The first-order valence-electron chi connectivity index (χ1n) is 10.2. The van der Waals surface area contributed by atoms with Gasteiger partial charge in [0.05, 0.1) is 23.8 Å². The highest BCUT2D eigenvalue weighted by molar-refractivity contribution is 6.30. The van der Waals surface area contributed by atoms with E-state index in [1.54, 1.807) is 30.5 Å². The van der Waals surface area contributed by atoms with Crippen molar-refractivity contribution in [2.45, 2.75) is 25.3 Å². The number of imide groups is 1. The van der Waals surface area contributed by atoms with Crippen molar-refractivity contribution in [3.8, 4) is 0 Å². The zero-order valence-electron chi connectivity index (χ0n) is 16.6. The van der Waals surface area contributed by atoms with Gasteiger partial charge in [-0.05, 0) is 42.7 Å². The van der Waals surface area contributed by atoms with Crippen molar-refractivity contribution < 1.29 is 18.8 Å². The number of fused-ring (bicyclic) bond motifs is 1. The Morgan fingerprint density at radius 3 is 2.35 bits per heavy atom. The summed E-state index contributed by atoms with van der Waals surface area (Å²) in [7, 11) is 0. The highest BCUT2D eigenvalue weighted by atomic mass is 35.5. The molecule has 7 nitrogen and oxygen atoms in total. The average molecular weight is 438 g/mol. The fourth-order valence-corrected chi connectivity index (χ4v) is 4.62. The number of furan rings is 1. The Balaban J connectivity index is 1.40. The van der Waals surface area contributed by atoms with Crippen LogP contribution in [0.3, 0.4) is 0 Å². The summed E-state index contributed by atoms with van der Waals surface area (Å²) in [4.78, 5) is 39.8. The number of halogens is 1. The van der Waals surface area contributed by atoms with Crippen LogP contribution in [0.5, 0.6) is 0 Å². The third kappa shape index (κ3) is 3.49. The number of hydrogen-bond donors (Lipinski definition) is 0. The molecule has 1 saturated heterocycles. The van der Waals surface area contributed by atoms with Crippen molar-refractivity contribution in [2.75, 3.05) is 6.54 Å². The van der Waals surface area contributed by atoms with Crippen molar-refractivity contribution in [1.29, 1.82) is 0 Å². The molecule has 3 atom stereocenters. The van der Waals surface area contributed by atoms with E-state index in [1.807, 2.05) is 24.3 Å². The normalized spacial score (nSPS) is 25.2. The molecule has 2 aliphatic heterocycles. The molecular formula is C23H20ClN3O4. The Morgan fingerprint density at radius 1 is 1.06 bits per heavy atom. The molecule has 0 spiro atoms. The third-order valence-corrected chi connectivity index (χ3v) is 6.36. The first-order chi connectivity index (χ1) is 15.0. The Bertz CT molecular complexity index is 1060. The summed E-state index contributed by atoms with van der Waals surface area (Å²) in [5.41, 5.74) is 1.56. The van der Waals surface area contributed by atoms with Crippen LogP contribution in [0.1, 0.15) is 36.6 Å². The first kappa shape index (κ1) is 19.8. The van der Waals surface area contributed by atoms with Crippen LogP contribution in [0.2, 0.25) is 5.02 Å². The largest absolute Gasteiger partial charge is 0.467 e. The molecule has 31 heavy (non-hydrogen) atoms. The Kier molecular flexibility index (Phi) is 4.98. The number of amides is 3. The van der Waals surface area contributed by atoms with E-state index in [2.05, 4.69) is 5.10 Å². The maximum absolute atomic E-state index is 13.2. The number of likely N-dealkylation sites (tertiary alicyclic amines) is 1. The predicted molar refractivity (Wildman–Crippen MR) is 113 cm³/mol. The molecule has 0 unspecified atom stereocenters. The Morgan fingerprint density at radius 2 is 1.74 bits per heavy atom. The smallest absolute Gasteiger partial charge is 0.263 e. The molecule has 3 amide bonds. The van der Waals surface area contributed by atoms with Crippen LogP contribution in [0, 0.1) is 11.8 Å². The molecule has 2 aromatic rings. The SMILES string of the molecule is O=C1[C@@H]2CC=CC[C@H]2C(=O)N1CC(=O)N1N=C(c2ccc(Cl)cc2)C[C@@H]1c1ccco1. The van der Waals surface area contributed by atoms with Crippen LogP contribution < -0.4 is 0 Å². The van der Waals surface area contributed by atoms with E-state index in [0.29, 0.717) is 35.8 Å². The number of allylic oxidation sites excluding steroid dienone is 2. The fraction of sp³-hybridized carbons (Fsp3) is 0.304. The van der Waals surface area contributed by atoms with Gasteiger partial charge >= 0.3 is 0 Å². The second kappa shape index (κ2) is 7.81. The van der Waals surface area contributed by atoms with Crippen LogP contribution in [0.25, 0.3) is 0 Å². The van der Waals surface area contributed by atoms with Gasteiger partial charge in [0.1, 0.15) is 18.3 Å². The second-order valence-corrected chi connectivity index (χ2v) is 8.38. The molecule has 5 rings (SSSR count). The summed E-state index contributed by atoms with van der Waals surface area (Å²) in [6.45, 7) is -0.320. The maximum atomic E-state index is 13.2. The van der Waals surface area contributed by atoms with Gasteiger partial charge < -0.3 is 4.42 Å². The maximum Gasteiger partial charge on any atom is 0.263 e. The Hall–Kier alpha value is -3.19. The molecule has 1 aromatic heterocycles. The summed E-state index contributed by atoms with van der Waals surface area (Å²) in [6, 6.07) is 10.3. The lowest BCUT2D eigenvalue weighted by molar-refractivity contribution is -0.147. The lowest BCUT2D eigenvalue weighted by Gasteiger charge is -2.22. The van der Waals surface area contributed by atoms with Gasteiger partial charge in [-0.1, -0.05) is 35.9 Å². The van der Waals surface area contributed by atoms with Crippen molar-refractivity contribution in [1.82, 2.24) is 9.91 Å². The Labute approximate surface area is 183 Å². The van der Waals surface area contributed by atoms with Crippen molar-refractivity contribution in [3.05, 3.63) is 71.2 Å². The molecule has 0 radical (unpaired) electrons. The van der Waals surface area contributed by atoms with Crippen molar-refractivity contribution in [2.24, 2.45) is 16.9 Å². The van der Waals surface area contributed by atoms with E-state index < -0.39 is 11.9 Å². The van der Waals surface area contributed by atoms with Gasteiger partial charge in [0.2, 0.25) is 11.8 Å². The molecule has 1 fully saturated rings. The average Bonchev–Trinajstić information content (AvgIpc) is 3.51. The minimum Gasteiger partial charge on any atom is -0.467 e. The molecule has 1 aromatic carbocycles. The number of rotatable bonds is 4. The molecule has 0 saturated carbocycles. The third-order valence-electron chi connectivity index (χ3n) is 6.11. The van der Waals surface area contributed by atoms with E-state index >= 15 is 0 Å². The van der Waals surface area contributed by atoms with Crippen molar-refractivity contribution in [3.63, 3.8) is 0 Å². The summed E-state index contributed by atoms with van der Waals surface area (Å²) >= 11 is 5.99. The number of benzene rings is 1. The summed E-state index contributed by atoms with van der Waals surface area (Å²) in [6.07, 6.45) is 6.93. The van der Waals surface area contributed by atoms with Gasteiger partial charge in [-0.25, -0.2) is 5.01 Å². The van der Waals surface area contributed by atoms with Gasteiger partial charge in [0, 0.05) is 11.4 Å². The minimum atomic E-state index is -0.440. The monoisotopic (exact) mass is 437 g/mol. The number of hydrogen-bond acceptors (Lipinski definition) is 5. The molecule has 158 valence electrons. The topological polar surface area (TPSA) is 83.2 Å². The zero-order valence-corrected chi connectivity index (χ0v) is 17.4. The van der Waals surface area contributed by atoms with Gasteiger partial charge in [0.15, 0.2) is 0 Å². The van der Waals surface area contributed by atoms with E-state index in [4.69, 9.17) is 16.0 Å². The number of nitrogens with zero attached hydrogens (tertiary/aromatic N) is 3. The van der Waals surface area contributed by atoms with E-state index in [-0.39, 0.29) is 30.2 Å². The minimum absolute atomic E-state index is 0.275. The summed E-state index contributed by atoms with van der Waals surface area (Å²) in [5.74, 6) is -1.10. The number of hydrazone groups is 1. The van der Waals surface area contributed by atoms with Crippen LogP contribution in [-0.2, 0) is 14.4 Å². The summed E-state index contributed by atoms with van der Waals surface area (Å²) < 4.78 is 5.55. The van der Waals surface area contributed by atoms with Crippen LogP contribution in [-0.4, -0.2) is 39.9 Å². The lowest BCUT2D eigenvalue weighted by atomic mass is 9.85. The molecule has 0 N–H and O–H groups in total. The van der Waals surface area contributed by atoms with E-state index in [1.165, 1.54) is 5.01 Å². The van der Waals surface area contributed by atoms with Crippen LogP contribution in [0.15, 0.2) is 64.3 Å². The van der Waals surface area contributed by atoms with Gasteiger partial charge in [-0.3, -0.25) is 19.3 Å². The molecule has 3 heterocycles. The molecular weight excluding hydrogens is 418 g/mol.